The molecular formula is C19H20N2O4. The summed E-state index contributed by atoms with van der Waals surface area (Å²) in [5, 5.41) is 2.90. The zero-order chi connectivity index (χ0) is 17.8. The minimum Gasteiger partial charge on any atom is -0.496 e. The lowest BCUT2D eigenvalue weighted by Crippen LogP contribution is -2.36. The second kappa shape index (κ2) is 7.25. The number of likely N-dealkylation sites (N-methyl/N-ethyl adjacent to an activating group) is 1. The molecule has 0 atom stereocenters. The zero-order valence-electron chi connectivity index (χ0n) is 14.2. The van der Waals surface area contributed by atoms with E-state index in [0.29, 0.717) is 30.0 Å². The van der Waals surface area contributed by atoms with E-state index in [1.807, 2.05) is 24.3 Å². The Morgan fingerprint density at radius 3 is 2.84 bits per heavy atom. The van der Waals surface area contributed by atoms with Gasteiger partial charge in [-0.2, -0.15) is 0 Å². The van der Waals surface area contributed by atoms with Crippen LogP contribution in [0.25, 0.3) is 0 Å². The van der Waals surface area contributed by atoms with Crippen LogP contribution in [-0.2, 0) is 11.2 Å². The molecule has 1 aliphatic rings. The number of anilines is 1. The van der Waals surface area contributed by atoms with Crippen LogP contribution in [0, 0.1) is 0 Å². The topological polar surface area (TPSA) is 67.9 Å². The number of carbonyl (C=O) groups excluding carboxylic acids is 2. The highest BCUT2D eigenvalue weighted by molar-refractivity contribution is 6.03. The molecule has 1 N–H and O–H groups in total. The van der Waals surface area contributed by atoms with Gasteiger partial charge < -0.3 is 19.7 Å². The lowest BCUT2D eigenvalue weighted by atomic mass is 10.1. The standard InChI is InChI=1S/C19H20N2O4/c1-21-15-8-5-7-14(18(15)25-12-17(21)22)19(23)20-11-10-13-6-3-4-9-16(13)24-2/h3-9H,10-12H2,1-2H3,(H,20,23). The molecule has 0 unspecified atom stereocenters. The van der Waals surface area contributed by atoms with Crippen LogP contribution in [-0.4, -0.2) is 39.1 Å². The highest BCUT2D eigenvalue weighted by Gasteiger charge is 2.26. The van der Waals surface area contributed by atoms with E-state index in [2.05, 4.69) is 5.32 Å². The van der Waals surface area contributed by atoms with Crippen LogP contribution in [0.2, 0.25) is 0 Å². The van der Waals surface area contributed by atoms with E-state index < -0.39 is 0 Å². The number of fused-ring (bicyclic) bond motifs is 1. The molecule has 2 amide bonds. The lowest BCUT2D eigenvalue weighted by molar-refractivity contribution is -0.121. The van der Waals surface area contributed by atoms with Gasteiger partial charge >= 0.3 is 0 Å². The molecule has 2 aromatic rings. The summed E-state index contributed by atoms with van der Waals surface area (Å²) in [5.74, 6) is 0.882. The first-order chi connectivity index (χ1) is 12.1. The number of hydrogen-bond donors (Lipinski definition) is 1. The molecule has 0 bridgehead atoms. The Bertz CT molecular complexity index is 804. The number of methoxy groups -OCH3 is 1. The van der Waals surface area contributed by atoms with Crippen molar-refractivity contribution in [2.75, 3.05) is 32.2 Å². The largest absolute Gasteiger partial charge is 0.496 e. The number of hydrogen-bond acceptors (Lipinski definition) is 4. The molecule has 1 heterocycles. The summed E-state index contributed by atoms with van der Waals surface area (Å²) in [4.78, 5) is 25.7. The van der Waals surface area contributed by atoms with Crippen LogP contribution in [0.5, 0.6) is 11.5 Å². The molecule has 130 valence electrons. The Balaban J connectivity index is 1.69. The van der Waals surface area contributed by atoms with Gasteiger partial charge in [-0.05, 0) is 30.2 Å². The van der Waals surface area contributed by atoms with Crippen molar-refractivity contribution in [1.82, 2.24) is 5.32 Å². The van der Waals surface area contributed by atoms with Crippen molar-refractivity contribution in [1.29, 1.82) is 0 Å². The number of para-hydroxylation sites is 2. The molecule has 2 aromatic carbocycles. The number of carbonyl (C=O) groups is 2. The average Bonchev–Trinajstić information content (AvgIpc) is 2.64. The number of ether oxygens (including phenoxy) is 2. The fourth-order valence-electron chi connectivity index (χ4n) is 2.80. The van der Waals surface area contributed by atoms with Gasteiger partial charge in [0.15, 0.2) is 12.4 Å². The molecule has 0 fully saturated rings. The Kier molecular flexibility index (Phi) is 4.88. The van der Waals surface area contributed by atoms with Crippen LogP contribution in [0.3, 0.4) is 0 Å². The second-order valence-electron chi connectivity index (χ2n) is 5.71. The Morgan fingerprint density at radius 2 is 2.04 bits per heavy atom. The summed E-state index contributed by atoms with van der Waals surface area (Å²) in [6.07, 6.45) is 0.657. The van der Waals surface area contributed by atoms with Crippen molar-refractivity contribution in [2.24, 2.45) is 0 Å². The van der Waals surface area contributed by atoms with Gasteiger partial charge in [0, 0.05) is 13.6 Å². The quantitative estimate of drug-likeness (QED) is 0.904. The van der Waals surface area contributed by atoms with Gasteiger partial charge in [-0.3, -0.25) is 9.59 Å². The second-order valence-corrected chi connectivity index (χ2v) is 5.71. The van der Waals surface area contributed by atoms with Crippen molar-refractivity contribution in [3.05, 3.63) is 53.6 Å². The molecule has 0 spiro atoms. The first kappa shape index (κ1) is 16.8. The van der Waals surface area contributed by atoms with E-state index in [1.165, 1.54) is 4.90 Å². The third-order valence-electron chi connectivity index (χ3n) is 4.19. The summed E-state index contributed by atoms with van der Waals surface area (Å²) in [7, 11) is 3.30. The minimum absolute atomic E-state index is 0.0605. The minimum atomic E-state index is -0.227. The van der Waals surface area contributed by atoms with E-state index in [0.717, 1.165) is 11.3 Å². The fourth-order valence-corrected chi connectivity index (χ4v) is 2.80. The maximum atomic E-state index is 12.5. The Labute approximate surface area is 146 Å². The predicted molar refractivity (Wildman–Crippen MR) is 94.4 cm³/mol. The summed E-state index contributed by atoms with van der Waals surface area (Å²) in [6.45, 7) is 0.409. The summed E-state index contributed by atoms with van der Waals surface area (Å²) in [5.41, 5.74) is 2.06. The van der Waals surface area contributed by atoms with E-state index in [-0.39, 0.29) is 18.4 Å². The smallest absolute Gasteiger partial charge is 0.264 e. The molecule has 0 aliphatic carbocycles. The van der Waals surface area contributed by atoms with Gasteiger partial charge in [0.25, 0.3) is 11.8 Å². The molecular weight excluding hydrogens is 320 g/mol. The molecule has 0 radical (unpaired) electrons. The van der Waals surface area contributed by atoms with Gasteiger partial charge in [0.1, 0.15) is 5.75 Å². The van der Waals surface area contributed by atoms with Gasteiger partial charge in [-0.25, -0.2) is 0 Å². The van der Waals surface area contributed by atoms with Gasteiger partial charge in [0.05, 0.1) is 18.4 Å². The molecule has 0 aromatic heterocycles. The molecule has 3 rings (SSSR count). The third-order valence-corrected chi connectivity index (χ3v) is 4.19. The van der Waals surface area contributed by atoms with Crippen molar-refractivity contribution in [3.63, 3.8) is 0 Å². The maximum absolute atomic E-state index is 12.5. The van der Waals surface area contributed by atoms with E-state index >= 15 is 0 Å². The van der Waals surface area contributed by atoms with Gasteiger partial charge in [-0.1, -0.05) is 24.3 Å². The van der Waals surface area contributed by atoms with Crippen LogP contribution >= 0.6 is 0 Å². The zero-order valence-corrected chi connectivity index (χ0v) is 14.2. The molecule has 6 heteroatoms. The van der Waals surface area contributed by atoms with Gasteiger partial charge in [0.2, 0.25) is 0 Å². The number of nitrogens with one attached hydrogen (secondary N) is 1. The van der Waals surface area contributed by atoms with Crippen molar-refractivity contribution >= 4 is 17.5 Å². The van der Waals surface area contributed by atoms with E-state index in [1.54, 1.807) is 32.4 Å². The molecule has 0 saturated carbocycles. The first-order valence-corrected chi connectivity index (χ1v) is 8.04. The predicted octanol–water partition coefficient (Wildman–Crippen LogP) is 2.02. The van der Waals surface area contributed by atoms with Crippen LogP contribution in [0.1, 0.15) is 15.9 Å². The highest BCUT2D eigenvalue weighted by Crippen LogP contribution is 2.34. The Morgan fingerprint density at radius 1 is 1.24 bits per heavy atom. The monoisotopic (exact) mass is 340 g/mol. The highest BCUT2D eigenvalue weighted by atomic mass is 16.5. The SMILES string of the molecule is COc1ccccc1CCNC(=O)c1cccc2c1OCC(=O)N2C. The third kappa shape index (κ3) is 3.42. The lowest BCUT2D eigenvalue weighted by Gasteiger charge is -2.27. The molecule has 25 heavy (non-hydrogen) atoms. The van der Waals surface area contributed by atoms with Crippen molar-refractivity contribution < 1.29 is 19.1 Å². The van der Waals surface area contributed by atoms with E-state index in [4.69, 9.17) is 9.47 Å². The average molecular weight is 340 g/mol. The number of nitrogens with zero attached hydrogens (tertiary/aromatic N) is 1. The molecule has 6 nitrogen and oxygen atoms in total. The summed E-state index contributed by atoms with van der Waals surface area (Å²) >= 11 is 0. The normalized spacial score (nSPS) is 13.0. The van der Waals surface area contributed by atoms with Crippen LogP contribution in [0.4, 0.5) is 5.69 Å². The number of amides is 2. The number of rotatable bonds is 5. The van der Waals surface area contributed by atoms with Crippen LogP contribution in [0.15, 0.2) is 42.5 Å². The number of benzene rings is 2. The van der Waals surface area contributed by atoms with Crippen LogP contribution < -0.4 is 19.7 Å². The van der Waals surface area contributed by atoms with Crippen molar-refractivity contribution in [3.8, 4) is 11.5 Å². The van der Waals surface area contributed by atoms with Gasteiger partial charge in [-0.15, -0.1) is 0 Å². The Hall–Kier alpha value is -3.02. The summed E-state index contributed by atoms with van der Waals surface area (Å²) < 4.78 is 10.8. The fraction of sp³-hybridized carbons (Fsp3) is 0.263. The molecule has 0 saturated heterocycles. The maximum Gasteiger partial charge on any atom is 0.264 e. The summed E-state index contributed by atoms with van der Waals surface area (Å²) in [6, 6.07) is 12.9. The van der Waals surface area contributed by atoms with Crippen molar-refractivity contribution in [2.45, 2.75) is 6.42 Å². The molecule has 1 aliphatic heterocycles. The van der Waals surface area contributed by atoms with E-state index in [9.17, 15) is 9.59 Å². The first-order valence-electron chi connectivity index (χ1n) is 8.04.